The third-order valence-electron chi connectivity index (χ3n) is 3.13. The molecule has 14 heavy (non-hydrogen) atoms. The van der Waals surface area contributed by atoms with Crippen LogP contribution in [0.2, 0.25) is 0 Å². The number of piperidine rings is 1. The number of rotatable bonds is 4. The molecule has 1 aliphatic rings. The van der Waals surface area contributed by atoms with Crippen LogP contribution in [0.1, 0.15) is 40.5 Å². The van der Waals surface area contributed by atoms with E-state index >= 15 is 0 Å². The van der Waals surface area contributed by atoms with Gasteiger partial charge in [0, 0.05) is 25.2 Å². The van der Waals surface area contributed by atoms with Crippen molar-refractivity contribution in [1.82, 2.24) is 10.2 Å². The third kappa shape index (κ3) is 3.97. The maximum Gasteiger partial charge on any atom is 0.0192 e. The molecule has 1 saturated heterocycles. The Labute approximate surface area is 89.1 Å². The predicted octanol–water partition coefficient (Wildman–Crippen LogP) is 2.10. The van der Waals surface area contributed by atoms with E-state index in [9.17, 15) is 0 Å². The van der Waals surface area contributed by atoms with E-state index in [1.54, 1.807) is 0 Å². The van der Waals surface area contributed by atoms with Crippen molar-refractivity contribution >= 4 is 0 Å². The van der Waals surface area contributed by atoms with Crippen LogP contribution in [0.15, 0.2) is 0 Å². The SMILES string of the molecule is CC1CCCN(C(C)CNC(C)C)C1. The van der Waals surface area contributed by atoms with Crippen molar-refractivity contribution < 1.29 is 0 Å². The topological polar surface area (TPSA) is 15.3 Å². The van der Waals surface area contributed by atoms with Gasteiger partial charge in [0.1, 0.15) is 0 Å². The summed E-state index contributed by atoms with van der Waals surface area (Å²) in [5.74, 6) is 0.894. The highest BCUT2D eigenvalue weighted by molar-refractivity contribution is 4.76. The minimum absolute atomic E-state index is 0.611. The highest BCUT2D eigenvalue weighted by Crippen LogP contribution is 2.17. The lowest BCUT2D eigenvalue weighted by atomic mass is 9.99. The zero-order valence-electron chi connectivity index (χ0n) is 10.2. The summed E-state index contributed by atoms with van der Waals surface area (Å²) in [6.07, 6.45) is 2.80. The average molecular weight is 198 g/mol. The van der Waals surface area contributed by atoms with Crippen LogP contribution in [0.4, 0.5) is 0 Å². The Balaban J connectivity index is 2.25. The minimum atomic E-state index is 0.611. The lowest BCUT2D eigenvalue weighted by Gasteiger charge is -2.36. The molecule has 0 amide bonds. The van der Waals surface area contributed by atoms with Crippen molar-refractivity contribution in [3.05, 3.63) is 0 Å². The molecule has 0 aromatic heterocycles. The number of hydrogen-bond acceptors (Lipinski definition) is 2. The first-order chi connectivity index (χ1) is 6.59. The van der Waals surface area contributed by atoms with Crippen molar-refractivity contribution in [2.45, 2.75) is 52.6 Å². The minimum Gasteiger partial charge on any atom is -0.313 e. The Morgan fingerprint density at radius 2 is 2.07 bits per heavy atom. The lowest BCUT2D eigenvalue weighted by Crippen LogP contribution is -2.46. The van der Waals surface area contributed by atoms with Crippen LogP contribution in [0, 0.1) is 5.92 Å². The van der Waals surface area contributed by atoms with Gasteiger partial charge < -0.3 is 5.32 Å². The van der Waals surface area contributed by atoms with Crippen molar-refractivity contribution in [2.75, 3.05) is 19.6 Å². The van der Waals surface area contributed by atoms with Crippen molar-refractivity contribution in [1.29, 1.82) is 0 Å². The molecule has 1 rings (SSSR count). The number of likely N-dealkylation sites (tertiary alicyclic amines) is 1. The van der Waals surface area contributed by atoms with Gasteiger partial charge in [-0.15, -0.1) is 0 Å². The van der Waals surface area contributed by atoms with Crippen LogP contribution in [0.3, 0.4) is 0 Å². The molecular weight excluding hydrogens is 172 g/mol. The maximum atomic E-state index is 3.52. The molecule has 2 nitrogen and oxygen atoms in total. The smallest absolute Gasteiger partial charge is 0.0192 e. The fourth-order valence-corrected chi connectivity index (χ4v) is 2.16. The van der Waals surface area contributed by atoms with Crippen LogP contribution >= 0.6 is 0 Å². The second-order valence-corrected chi connectivity index (χ2v) is 5.15. The zero-order valence-corrected chi connectivity index (χ0v) is 10.2. The van der Waals surface area contributed by atoms with Crippen molar-refractivity contribution in [3.63, 3.8) is 0 Å². The molecule has 1 N–H and O–H groups in total. The summed E-state index contributed by atoms with van der Waals surface area (Å²) in [5.41, 5.74) is 0. The summed E-state index contributed by atoms with van der Waals surface area (Å²) in [7, 11) is 0. The van der Waals surface area contributed by atoms with E-state index in [0.717, 1.165) is 12.5 Å². The fraction of sp³-hybridized carbons (Fsp3) is 1.00. The second-order valence-electron chi connectivity index (χ2n) is 5.15. The van der Waals surface area contributed by atoms with Crippen molar-refractivity contribution in [2.24, 2.45) is 5.92 Å². The molecule has 0 aliphatic carbocycles. The van der Waals surface area contributed by atoms with Gasteiger partial charge in [0.15, 0.2) is 0 Å². The van der Waals surface area contributed by atoms with Gasteiger partial charge in [-0.2, -0.15) is 0 Å². The molecule has 0 bridgehead atoms. The Morgan fingerprint density at radius 3 is 2.64 bits per heavy atom. The highest BCUT2D eigenvalue weighted by Gasteiger charge is 2.20. The summed E-state index contributed by atoms with van der Waals surface area (Å²) >= 11 is 0. The third-order valence-corrected chi connectivity index (χ3v) is 3.13. The molecule has 0 spiro atoms. The van der Waals surface area contributed by atoms with Gasteiger partial charge >= 0.3 is 0 Å². The fourth-order valence-electron chi connectivity index (χ4n) is 2.16. The van der Waals surface area contributed by atoms with Gasteiger partial charge in [0.05, 0.1) is 0 Å². The Kier molecular flexibility index (Phi) is 4.90. The molecule has 2 unspecified atom stereocenters. The van der Waals surface area contributed by atoms with Gasteiger partial charge in [-0.1, -0.05) is 20.8 Å². The first-order valence-corrected chi connectivity index (χ1v) is 6.07. The zero-order chi connectivity index (χ0) is 10.6. The Bertz CT molecular complexity index is 156. The molecular formula is C12H26N2. The first kappa shape index (κ1) is 12.0. The van der Waals surface area contributed by atoms with Gasteiger partial charge in [0.2, 0.25) is 0 Å². The normalized spacial score (nSPS) is 26.8. The standard InChI is InChI=1S/C12H26N2/c1-10(2)13-8-12(4)14-7-5-6-11(3)9-14/h10-13H,5-9H2,1-4H3. The molecule has 1 heterocycles. The van der Waals surface area contributed by atoms with E-state index < -0.39 is 0 Å². The lowest BCUT2D eigenvalue weighted by molar-refractivity contribution is 0.135. The number of hydrogen-bond donors (Lipinski definition) is 1. The molecule has 0 saturated carbocycles. The Morgan fingerprint density at radius 1 is 1.36 bits per heavy atom. The van der Waals surface area contributed by atoms with Crippen LogP contribution in [0.25, 0.3) is 0 Å². The van der Waals surface area contributed by atoms with E-state index in [-0.39, 0.29) is 0 Å². The first-order valence-electron chi connectivity index (χ1n) is 6.07. The molecule has 1 aliphatic heterocycles. The highest BCUT2D eigenvalue weighted by atomic mass is 15.2. The Hall–Kier alpha value is -0.0800. The number of nitrogens with zero attached hydrogens (tertiary/aromatic N) is 1. The van der Waals surface area contributed by atoms with E-state index in [0.29, 0.717) is 12.1 Å². The summed E-state index contributed by atoms with van der Waals surface area (Å²) < 4.78 is 0. The van der Waals surface area contributed by atoms with E-state index in [1.807, 2.05) is 0 Å². The molecule has 2 atom stereocenters. The van der Waals surface area contributed by atoms with Gasteiger partial charge in [-0.3, -0.25) is 4.90 Å². The van der Waals surface area contributed by atoms with Crippen molar-refractivity contribution in [3.8, 4) is 0 Å². The summed E-state index contributed by atoms with van der Waals surface area (Å²) in [4.78, 5) is 2.63. The molecule has 0 aromatic rings. The summed E-state index contributed by atoms with van der Waals surface area (Å²) in [5, 5.41) is 3.52. The monoisotopic (exact) mass is 198 g/mol. The molecule has 1 fully saturated rings. The van der Waals surface area contributed by atoms with Crippen LogP contribution in [0.5, 0.6) is 0 Å². The quantitative estimate of drug-likeness (QED) is 0.744. The molecule has 2 heteroatoms. The molecule has 0 radical (unpaired) electrons. The van der Waals surface area contributed by atoms with Gasteiger partial charge in [-0.05, 0) is 32.2 Å². The van der Waals surface area contributed by atoms with Gasteiger partial charge in [0.25, 0.3) is 0 Å². The molecule has 0 aromatic carbocycles. The van der Waals surface area contributed by atoms with Crippen LogP contribution < -0.4 is 5.32 Å². The largest absolute Gasteiger partial charge is 0.313 e. The van der Waals surface area contributed by atoms with Gasteiger partial charge in [-0.25, -0.2) is 0 Å². The molecule has 84 valence electrons. The predicted molar refractivity (Wildman–Crippen MR) is 62.6 cm³/mol. The van der Waals surface area contributed by atoms with E-state index in [1.165, 1.54) is 25.9 Å². The number of nitrogens with one attached hydrogen (secondary N) is 1. The van der Waals surface area contributed by atoms with Crippen LogP contribution in [-0.2, 0) is 0 Å². The average Bonchev–Trinajstić information content (AvgIpc) is 2.14. The summed E-state index contributed by atoms with van der Waals surface area (Å²) in [6.45, 7) is 12.9. The second kappa shape index (κ2) is 5.72. The van der Waals surface area contributed by atoms with E-state index in [2.05, 4.69) is 37.9 Å². The van der Waals surface area contributed by atoms with Crippen LogP contribution in [-0.4, -0.2) is 36.6 Å². The maximum absolute atomic E-state index is 3.52. The summed E-state index contributed by atoms with van der Waals surface area (Å²) in [6, 6.07) is 1.31. The van der Waals surface area contributed by atoms with E-state index in [4.69, 9.17) is 0 Å².